The summed E-state index contributed by atoms with van der Waals surface area (Å²) >= 11 is 2.25. The third-order valence-electron chi connectivity index (χ3n) is 2.09. The summed E-state index contributed by atoms with van der Waals surface area (Å²) < 4.78 is 3.12. The summed E-state index contributed by atoms with van der Waals surface area (Å²) in [5.41, 5.74) is 0. The van der Waals surface area contributed by atoms with Gasteiger partial charge in [-0.15, -0.1) is 5.01 Å². The first kappa shape index (κ1) is 13.6. The predicted octanol–water partition coefficient (Wildman–Crippen LogP) is -1.12. The van der Waals surface area contributed by atoms with Crippen molar-refractivity contribution in [2.75, 3.05) is 12.1 Å². The summed E-state index contributed by atoms with van der Waals surface area (Å²) in [5, 5.41) is 1.98. The zero-order valence-electron chi connectivity index (χ0n) is 8.72. The van der Waals surface area contributed by atoms with Crippen molar-refractivity contribution >= 4 is 28.4 Å². The van der Waals surface area contributed by atoms with Crippen LogP contribution in [0.4, 0.5) is 5.82 Å². The molecule has 16 heavy (non-hydrogen) atoms. The Morgan fingerprint density at radius 3 is 2.44 bits per heavy atom. The van der Waals surface area contributed by atoms with Gasteiger partial charge in [0.1, 0.15) is 0 Å². The Hall–Kier alpha value is -0.440. The van der Waals surface area contributed by atoms with Crippen LogP contribution in [0.25, 0.3) is 0 Å². The highest BCUT2D eigenvalue weighted by Crippen LogP contribution is 2.08. The molecule has 2 heterocycles. The van der Waals surface area contributed by atoms with Gasteiger partial charge in [0, 0.05) is 21.9 Å². The molecule has 0 saturated heterocycles. The first-order valence-electron chi connectivity index (χ1n) is 4.59. The summed E-state index contributed by atoms with van der Waals surface area (Å²) in [6.45, 7) is 0. The molecule has 0 bridgehead atoms. The summed E-state index contributed by atoms with van der Waals surface area (Å²) in [7, 11) is 1.98. The van der Waals surface area contributed by atoms with Crippen molar-refractivity contribution in [3.63, 3.8) is 0 Å². The zero-order valence-corrected chi connectivity index (χ0v) is 13.0. The number of halogens is 2. The molecule has 0 N–H and O–H groups in total. The third-order valence-corrected chi connectivity index (χ3v) is 2.73. The fraction of sp³-hybridized carbons (Fsp3) is 0.0909. The Kier molecular flexibility index (Phi) is 5.39. The van der Waals surface area contributed by atoms with Gasteiger partial charge in [-0.2, -0.15) is 0 Å². The molecule has 0 fully saturated rings. The number of aromatic nitrogens is 2. The number of hydrogen-bond acceptors (Lipinski definition) is 2. The van der Waals surface area contributed by atoms with Crippen molar-refractivity contribution in [2.24, 2.45) is 0 Å². The molecule has 0 unspecified atom stereocenters. The minimum atomic E-state index is 0. The number of pyridine rings is 2. The molecule has 2 rings (SSSR count). The van der Waals surface area contributed by atoms with Crippen LogP contribution in [0.5, 0.6) is 0 Å². The summed E-state index contributed by atoms with van der Waals surface area (Å²) in [4.78, 5) is 4.35. The van der Waals surface area contributed by atoms with Gasteiger partial charge in [-0.05, 0) is 34.7 Å². The Morgan fingerprint density at radius 2 is 1.88 bits per heavy atom. The molecule has 0 aliphatic rings. The fourth-order valence-corrected chi connectivity index (χ4v) is 1.59. The van der Waals surface area contributed by atoms with Crippen molar-refractivity contribution in [1.82, 2.24) is 4.98 Å². The fourth-order valence-electron chi connectivity index (χ4n) is 1.27. The van der Waals surface area contributed by atoms with E-state index < -0.39 is 0 Å². The van der Waals surface area contributed by atoms with E-state index in [0.29, 0.717) is 0 Å². The number of rotatable bonds is 2. The maximum atomic E-state index is 4.35. The minimum absolute atomic E-state index is 0. The van der Waals surface area contributed by atoms with Crippen LogP contribution in [0.3, 0.4) is 0 Å². The van der Waals surface area contributed by atoms with Crippen LogP contribution in [-0.2, 0) is 0 Å². The second kappa shape index (κ2) is 6.33. The largest absolute Gasteiger partial charge is 1.00 e. The van der Waals surface area contributed by atoms with Crippen molar-refractivity contribution in [3.8, 4) is 0 Å². The maximum absolute atomic E-state index is 4.35. The molecule has 84 valence electrons. The van der Waals surface area contributed by atoms with Crippen molar-refractivity contribution in [1.29, 1.82) is 0 Å². The summed E-state index contributed by atoms with van der Waals surface area (Å²) in [5.74, 6) is 0.923. The van der Waals surface area contributed by atoms with E-state index in [4.69, 9.17) is 0 Å². The van der Waals surface area contributed by atoms with Crippen LogP contribution >= 0.6 is 22.6 Å². The minimum Gasteiger partial charge on any atom is -1.00 e. The molecule has 3 nitrogen and oxygen atoms in total. The van der Waals surface area contributed by atoms with E-state index in [9.17, 15) is 0 Å². The Labute approximate surface area is 126 Å². The van der Waals surface area contributed by atoms with E-state index >= 15 is 0 Å². The molecular formula is C11H11I2N3. The average molecular weight is 439 g/mol. The van der Waals surface area contributed by atoms with Gasteiger partial charge in [-0.3, -0.25) is 0 Å². The quantitative estimate of drug-likeness (QED) is 0.437. The lowest BCUT2D eigenvalue weighted by molar-refractivity contribution is -0.681. The van der Waals surface area contributed by atoms with Gasteiger partial charge < -0.3 is 24.0 Å². The highest BCUT2D eigenvalue weighted by Gasteiger charge is 2.09. The first-order valence-corrected chi connectivity index (χ1v) is 5.67. The Morgan fingerprint density at radius 1 is 1.19 bits per heavy atom. The lowest BCUT2D eigenvalue weighted by Gasteiger charge is -2.10. The van der Waals surface area contributed by atoms with Gasteiger partial charge in [-0.25, -0.2) is 4.98 Å². The van der Waals surface area contributed by atoms with Gasteiger partial charge in [0.25, 0.3) is 0 Å². The highest BCUT2D eigenvalue weighted by molar-refractivity contribution is 14.1. The van der Waals surface area contributed by atoms with Gasteiger partial charge in [0.2, 0.25) is 0 Å². The summed E-state index contributed by atoms with van der Waals surface area (Å²) in [6.07, 6.45) is 5.83. The molecule has 0 aliphatic heterocycles. The van der Waals surface area contributed by atoms with E-state index in [1.807, 2.05) is 65.7 Å². The molecule has 0 atom stereocenters. The van der Waals surface area contributed by atoms with Gasteiger partial charge >= 0.3 is 0 Å². The molecule has 2 aromatic heterocycles. The Balaban J connectivity index is 0.00000128. The predicted molar refractivity (Wildman–Crippen MR) is 67.4 cm³/mol. The van der Waals surface area contributed by atoms with E-state index in [1.54, 1.807) is 0 Å². The Bertz CT molecular complexity index is 431. The van der Waals surface area contributed by atoms with Crippen molar-refractivity contribution < 1.29 is 28.7 Å². The van der Waals surface area contributed by atoms with Gasteiger partial charge in [0.05, 0.1) is 7.05 Å². The molecule has 0 saturated carbocycles. The van der Waals surface area contributed by atoms with Crippen LogP contribution in [0, 0.1) is 3.57 Å². The normalized spacial score (nSPS) is 9.38. The van der Waals surface area contributed by atoms with E-state index in [0.717, 1.165) is 9.39 Å². The standard InChI is InChI=1S/C11H11IN3.HI/c1-14(15-7-3-2-4-8-15)11-6-5-10(12)9-13-11;/h2-9H,1H3;1H/q+1;/p-1. The molecule has 0 spiro atoms. The van der Waals surface area contributed by atoms with E-state index in [1.165, 1.54) is 0 Å². The highest BCUT2D eigenvalue weighted by atomic mass is 127. The van der Waals surface area contributed by atoms with Gasteiger partial charge in [0.15, 0.2) is 18.2 Å². The van der Waals surface area contributed by atoms with Crippen LogP contribution in [-0.4, -0.2) is 12.0 Å². The van der Waals surface area contributed by atoms with E-state index in [-0.39, 0.29) is 24.0 Å². The second-order valence-corrected chi connectivity index (χ2v) is 4.36. The van der Waals surface area contributed by atoms with E-state index in [2.05, 4.69) is 27.6 Å². The lowest BCUT2D eigenvalue weighted by atomic mass is 10.4. The second-order valence-electron chi connectivity index (χ2n) is 3.11. The first-order chi connectivity index (χ1) is 7.27. The molecule has 5 heteroatoms. The molecular weight excluding hydrogens is 428 g/mol. The molecule has 0 radical (unpaired) electrons. The number of nitrogens with zero attached hydrogens (tertiary/aromatic N) is 3. The molecule has 0 aromatic carbocycles. The lowest BCUT2D eigenvalue weighted by Crippen LogP contribution is -3.00. The van der Waals surface area contributed by atoms with Crippen LogP contribution in [0.1, 0.15) is 0 Å². The zero-order chi connectivity index (χ0) is 10.7. The average Bonchev–Trinajstić information content (AvgIpc) is 2.30. The maximum Gasteiger partial charge on any atom is 0.200 e. The SMILES string of the molecule is CN(c1ccc(I)cn1)[n+]1ccccc1.[I-]. The molecule has 0 amide bonds. The molecule has 0 aliphatic carbocycles. The van der Waals surface area contributed by atoms with Crippen molar-refractivity contribution in [3.05, 3.63) is 52.5 Å². The number of anilines is 1. The monoisotopic (exact) mass is 439 g/mol. The van der Waals surface area contributed by atoms with Crippen molar-refractivity contribution in [2.45, 2.75) is 0 Å². The van der Waals surface area contributed by atoms with Crippen LogP contribution in [0.2, 0.25) is 0 Å². The number of hydrogen-bond donors (Lipinski definition) is 0. The third kappa shape index (κ3) is 3.27. The van der Waals surface area contributed by atoms with Crippen LogP contribution in [0.15, 0.2) is 48.9 Å². The van der Waals surface area contributed by atoms with Crippen LogP contribution < -0.4 is 33.7 Å². The molecule has 2 aromatic rings. The smallest absolute Gasteiger partial charge is 0.200 e. The van der Waals surface area contributed by atoms with Gasteiger partial charge in [-0.1, -0.05) is 10.7 Å². The topological polar surface area (TPSA) is 20.0 Å². The summed E-state index contributed by atoms with van der Waals surface area (Å²) in [6, 6.07) is 10.0.